The molecule has 1 saturated carbocycles. The van der Waals surface area contributed by atoms with Gasteiger partial charge in [-0.1, -0.05) is 12.2 Å². The molecule has 0 radical (unpaired) electrons. The number of rotatable bonds is 0. The van der Waals surface area contributed by atoms with E-state index in [1.165, 1.54) is 0 Å². The van der Waals surface area contributed by atoms with E-state index in [4.69, 9.17) is 5.41 Å². The van der Waals surface area contributed by atoms with Crippen molar-refractivity contribution < 1.29 is 4.79 Å². The summed E-state index contributed by atoms with van der Waals surface area (Å²) >= 11 is 0. The van der Waals surface area contributed by atoms with Gasteiger partial charge in [-0.05, 0) is 37.3 Å². The van der Waals surface area contributed by atoms with Crippen molar-refractivity contribution in [2.75, 3.05) is 0 Å². The standard InChI is InChI=1S/C14H13NO/c15-13-8-9-6-7-10(9)14(16)12-5-3-1-2-4-11(12)13/h1,3-5,9-10,15H,6-8H2. The van der Waals surface area contributed by atoms with Crippen LogP contribution in [-0.4, -0.2) is 11.5 Å². The quantitative estimate of drug-likeness (QED) is 0.615. The van der Waals surface area contributed by atoms with E-state index in [-0.39, 0.29) is 11.7 Å². The summed E-state index contributed by atoms with van der Waals surface area (Å²) in [5.41, 5.74) is 5.09. The highest BCUT2D eigenvalue weighted by atomic mass is 16.1. The highest BCUT2D eigenvalue weighted by Gasteiger charge is 2.41. The fourth-order valence-corrected chi connectivity index (χ4v) is 2.69. The summed E-state index contributed by atoms with van der Waals surface area (Å²) in [5.74, 6) is 0.819. The Morgan fingerprint density at radius 1 is 1.31 bits per heavy atom. The average Bonchev–Trinajstić information content (AvgIpc) is 2.50. The Balaban J connectivity index is 2.13. The van der Waals surface area contributed by atoms with Crippen molar-refractivity contribution in [3.63, 3.8) is 0 Å². The second-order valence-electron chi connectivity index (χ2n) is 4.65. The van der Waals surface area contributed by atoms with Gasteiger partial charge in [0.15, 0.2) is 5.78 Å². The third-order valence-electron chi connectivity index (χ3n) is 3.78. The lowest BCUT2D eigenvalue weighted by Gasteiger charge is -2.33. The molecule has 0 aliphatic heterocycles. The van der Waals surface area contributed by atoms with Gasteiger partial charge in [-0.15, -0.1) is 5.73 Å². The second-order valence-corrected chi connectivity index (χ2v) is 4.65. The van der Waals surface area contributed by atoms with Crippen LogP contribution in [-0.2, 0) is 4.79 Å². The molecule has 0 aromatic heterocycles. The summed E-state index contributed by atoms with van der Waals surface area (Å²) < 4.78 is 0. The van der Waals surface area contributed by atoms with Gasteiger partial charge < -0.3 is 5.41 Å². The summed E-state index contributed by atoms with van der Waals surface area (Å²) in [6, 6.07) is 0. The van der Waals surface area contributed by atoms with Crippen LogP contribution in [0.2, 0.25) is 0 Å². The van der Waals surface area contributed by atoms with Crippen LogP contribution in [0.3, 0.4) is 0 Å². The molecule has 3 aliphatic carbocycles. The molecule has 1 N–H and O–H groups in total. The van der Waals surface area contributed by atoms with Crippen LogP contribution in [0.4, 0.5) is 0 Å². The molecule has 0 amide bonds. The van der Waals surface area contributed by atoms with Crippen molar-refractivity contribution in [3.05, 3.63) is 41.2 Å². The van der Waals surface area contributed by atoms with Gasteiger partial charge in [0, 0.05) is 22.8 Å². The van der Waals surface area contributed by atoms with Crippen LogP contribution in [0.25, 0.3) is 0 Å². The maximum Gasteiger partial charge on any atom is 0.166 e. The summed E-state index contributed by atoms with van der Waals surface area (Å²) in [4.78, 5) is 12.3. The predicted octanol–water partition coefficient (Wildman–Crippen LogP) is 2.58. The molecule has 0 aromatic rings. The molecule has 2 atom stereocenters. The Bertz CT molecular complexity index is 501. The van der Waals surface area contributed by atoms with E-state index >= 15 is 0 Å². The first-order chi connectivity index (χ1) is 7.77. The fraction of sp³-hybridized carbons (Fsp3) is 0.357. The molecule has 16 heavy (non-hydrogen) atoms. The highest BCUT2D eigenvalue weighted by Crippen LogP contribution is 2.42. The number of hydrogen-bond acceptors (Lipinski definition) is 2. The monoisotopic (exact) mass is 211 g/mol. The largest absolute Gasteiger partial charge is 0.305 e. The Labute approximate surface area is 94.6 Å². The molecular weight excluding hydrogens is 198 g/mol. The zero-order valence-corrected chi connectivity index (χ0v) is 8.99. The van der Waals surface area contributed by atoms with E-state index in [9.17, 15) is 4.79 Å². The third-order valence-corrected chi connectivity index (χ3v) is 3.78. The molecule has 3 aliphatic rings. The first-order valence-electron chi connectivity index (χ1n) is 5.73. The van der Waals surface area contributed by atoms with Crippen molar-refractivity contribution in [3.8, 4) is 0 Å². The third kappa shape index (κ3) is 1.27. The first kappa shape index (κ1) is 9.56. The van der Waals surface area contributed by atoms with Crippen LogP contribution in [0.1, 0.15) is 19.3 Å². The van der Waals surface area contributed by atoms with Gasteiger partial charge in [-0.25, -0.2) is 0 Å². The van der Waals surface area contributed by atoms with Crippen molar-refractivity contribution in [1.82, 2.24) is 0 Å². The molecule has 3 rings (SSSR count). The number of Topliss-reactive ketones (excluding diaryl/α,β-unsaturated/α-hetero) is 1. The lowest BCUT2D eigenvalue weighted by atomic mass is 9.69. The first-order valence-corrected chi connectivity index (χ1v) is 5.73. The lowest BCUT2D eigenvalue weighted by molar-refractivity contribution is -0.123. The molecule has 80 valence electrons. The molecule has 2 unspecified atom stereocenters. The zero-order valence-electron chi connectivity index (χ0n) is 8.99. The summed E-state index contributed by atoms with van der Waals surface area (Å²) in [7, 11) is 0. The summed E-state index contributed by atoms with van der Waals surface area (Å²) in [6.45, 7) is 0. The van der Waals surface area contributed by atoms with Crippen LogP contribution in [0.5, 0.6) is 0 Å². The van der Waals surface area contributed by atoms with Crippen molar-refractivity contribution in [1.29, 1.82) is 5.41 Å². The normalized spacial score (nSPS) is 31.8. The summed E-state index contributed by atoms with van der Waals surface area (Å²) in [5, 5.41) is 8.07. The van der Waals surface area contributed by atoms with Crippen LogP contribution in [0.15, 0.2) is 41.2 Å². The molecule has 0 spiro atoms. The van der Waals surface area contributed by atoms with Gasteiger partial charge in [0.2, 0.25) is 0 Å². The van der Waals surface area contributed by atoms with Gasteiger partial charge in [0.25, 0.3) is 0 Å². The van der Waals surface area contributed by atoms with E-state index in [2.05, 4.69) is 5.73 Å². The van der Waals surface area contributed by atoms with Crippen molar-refractivity contribution >= 4 is 11.5 Å². The molecular formula is C14H13NO. The van der Waals surface area contributed by atoms with Gasteiger partial charge in [0.1, 0.15) is 0 Å². The van der Waals surface area contributed by atoms with Gasteiger partial charge in [0.05, 0.1) is 0 Å². The van der Waals surface area contributed by atoms with E-state index in [0.29, 0.717) is 11.6 Å². The second kappa shape index (κ2) is 3.43. The molecule has 0 saturated heterocycles. The fourth-order valence-electron chi connectivity index (χ4n) is 2.69. The Morgan fingerprint density at radius 3 is 2.94 bits per heavy atom. The predicted molar refractivity (Wildman–Crippen MR) is 62.4 cm³/mol. The Morgan fingerprint density at radius 2 is 2.19 bits per heavy atom. The highest BCUT2D eigenvalue weighted by molar-refractivity contribution is 6.13. The van der Waals surface area contributed by atoms with E-state index in [1.807, 2.05) is 12.2 Å². The molecule has 2 heteroatoms. The molecule has 0 aromatic carbocycles. The molecule has 0 bridgehead atoms. The minimum Gasteiger partial charge on any atom is -0.305 e. The van der Waals surface area contributed by atoms with Gasteiger partial charge >= 0.3 is 0 Å². The van der Waals surface area contributed by atoms with E-state index in [1.54, 1.807) is 12.2 Å². The van der Waals surface area contributed by atoms with Gasteiger partial charge in [-0.2, -0.15) is 0 Å². The SMILES string of the molecule is N=C1CC2CCC2C(=O)C2=C1C=C=CC=C2. The van der Waals surface area contributed by atoms with Crippen LogP contribution < -0.4 is 0 Å². The van der Waals surface area contributed by atoms with Gasteiger partial charge in [-0.3, -0.25) is 4.79 Å². The average molecular weight is 211 g/mol. The minimum absolute atomic E-state index is 0.170. The number of carbonyl (C=O) groups is 1. The maximum atomic E-state index is 12.3. The Hall–Kier alpha value is -1.66. The Kier molecular flexibility index (Phi) is 2.05. The molecule has 2 nitrogen and oxygen atoms in total. The van der Waals surface area contributed by atoms with E-state index in [0.717, 1.165) is 30.4 Å². The number of hydrogen-bond donors (Lipinski definition) is 1. The minimum atomic E-state index is 0.170. The number of fused-ring (bicyclic) bond motifs is 1. The topological polar surface area (TPSA) is 40.9 Å². The van der Waals surface area contributed by atoms with Crippen molar-refractivity contribution in [2.45, 2.75) is 19.3 Å². The number of nitrogens with one attached hydrogen (secondary N) is 1. The van der Waals surface area contributed by atoms with Crippen molar-refractivity contribution in [2.24, 2.45) is 11.8 Å². The van der Waals surface area contributed by atoms with Crippen LogP contribution >= 0.6 is 0 Å². The number of allylic oxidation sites excluding steroid dienone is 5. The molecule has 0 heterocycles. The lowest BCUT2D eigenvalue weighted by Crippen LogP contribution is -2.32. The number of ketones is 1. The maximum absolute atomic E-state index is 12.3. The number of carbonyl (C=O) groups excluding carboxylic acids is 1. The zero-order chi connectivity index (χ0) is 11.1. The van der Waals surface area contributed by atoms with Crippen LogP contribution in [0, 0.1) is 17.2 Å². The smallest absolute Gasteiger partial charge is 0.166 e. The summed E-state index contributed by atoms with van der Waals surface area (Å²) in [6.07, 6.45) is 10.1. The molecule has 1 fully saturated rings. The van der Waals surface area contributed by atoms with E-state index < -0.39 is 0 Å².